The number of hydrogen-bond acceptors (Lipinski definition) is 4. The van der Waals surface area contributed by atoms with Gasteiger partial charge in [0.15, 0.2) is 0 Å². The van der Waals surface area contributed by atoms with Crippen LogP contribution in [0.2, 0.25) is 0 Å². The van der Waals surface area contributed by atoms with Crippen molar-refractivity contribution in [3.05, 3.63) is 36.3 Å². The Hall–Kier alpha value is -2.37. The topological polar surface area (TPSA) is 83.1 Å². The average Bonchev–Trinajstić information content (AvgIpc) is 2.93. The van der Waals surface area contributed by atoms with Gasteiger partial charge in [0.05, 0.1) is 6.26 Å². The largest absolute Gasteiger partial charge is 0.478 e. The maximum Gasteiger partial charge on any atom is 0.328 e. The molecule has 0 spiro atoms. The molecule has 1 aromatic rings. The molecule has 1 N–H and O–H groups in total. The second kappa shape index (κ2) is 4.87. The van der Waals surface area contributed by atoms with E-state index < -0.39 is 11.9 Å². The van der Waals surface area contributed by atoms with Crippen LogP contribution in [-0.4, -0.2) is 27.7 Å². The Morgan fingerprint density at radius 1 is 1.56 bits per heavy atom. The summed E-state index contributed by atoms with van der Waals surface area (Å²) in [5, 5.41) is 13.8. The standard InChI is InChI=1S/C12H12N2O4/c1-8-7-9(10-3-2-6-18-10)14(13-8)11(15)4-5-12(16)17/h2-6,9H,7H2,1H3,(H,16,17)/b5-4+/t9-/m1/s1. The van der Waals surface area contributed by atoms with Gasteiger partial charge in [-0.15, -0.1) is 0 Å². The Kier molecular flexibility index (Phi) is 3.27. The fourth-order valence-corrected chi connectivity index (χ4v) is 1.78. The average molecular weight is 248 g/mol. The number of carboxylic acid groups (broad SMARTS) is 1. The summed E-state index contributed by atoms with van der Waals surface area (Å²) in [6.07, 6.45) is 3.89. The molecule has 94 valence electrons. The van der Waals surface area contributed by atoms with E-state index in [1.54, 1.807) is 12.1 Å². The molecule has 0 fully saturated rings. The molecular weight excluding hydrogens is 236 g/mol. The van der Waals surface area contributed by atoms with Gasteiger partial charge in [0.25, 0.3) is 5.91 Å². The number of furan rings is 1. The van der Waals surface area contributed by atoms with E-state index in [1.165, 1.54) is 11.3 Å². The van der Waals surface area contributed by atoms with Gasteiger partial charge < -0.3 is 9.52 Å². The van der Waals surface area contributed by atoms with Crippen LogP contribution >= 0.6 is 0 Å². The van der Waals surface area contributed by atoms with Crippen molar-refractivity contribution in [2.24, 2.45) is 5.10 Å². The molecule has 1 aromatic heterocycles. The Morgan fingerprint density at radius 2 is 2.33 bits per heavy atom. The molecule has 1 aliphatic heterocycles. The summed E-state index contributed by atoms with van der Waals surface area (Å²) in [5.74, 6) is -1.01. The number of hydrogen-bond donors (Lipinski definition) is 1. The number of amides is 1. The third-order valence-electron chi connectivity index (χ3n) is 2.53. The van der Waals surface area contributed by atoms with Gasteiger partial charge in [-0.2, -0.15) is 5.10 Å². The molecule has 0 radical (unpaired) electrons. The van der Waals surface area contributed by atoms with Crippen LogP contribution in [0.1, 0.15) is 25.1 Å². The predicted octanol–water partition coefficient (Wildman–Crippen LogP) is 1.57. The smallest absolute Gasteiger partial charge is 0.328 e. The van der Waals surface area contributed by atoms with Gasteiger partial charge in [0.1, 0.15) is 11.8 Å². The zero-order valence-electron chi connectivity index (χ0n) is 9.74. The third kappa shape index (κ3) is 2.48. The summed E-state index contributed by atoms with van der Waals surface area (Å²) in [5.41, 5.74) is 0.800. The van der Waals surface area contributed by atoms with E-state index in [9.17, 15) is 9.59 Å². The molecule has 1 amide bonds. The first-order chi connectivity index (χ1) is 8.58. The van der Waals surface area contributed by atoms with Gasteiger partial charge in [-0.1, -0.05) is 0 Å². The van der Waals surface area contributed by atoms with Crippen molar-refractivity contribution < 1.29 is 19.1 Å². The molecule has 0 saturated heterocycles. The summed E-state index contributed by atoms with van der Waals surface area (Å²) < 4.78 is 5.26. The van der Waals surface area contributed by atoms with Crippen molar-refractivity contribution in [1.82, 2.24) is 5.01 Å². The van der Waals surface area contributed by atoms with Gasteiger partial charge in [0, 0.05) is 24.3 Å². The first-order valence-corrected chi connectivity index (χ1v) is 5.39. The van der Waals surface area contributed by atoms with Crippen LogP contribution in [0.4, 0.5) is 0 Å². The van der Waals surface area contributed by atoms with Crippen LogP contribution in [0.5, 0.6) is 0 Å². The lowest BCUT2D eigenvalue weighted by Crippen LogP contribution is -2.25. The molecular formula is C12H12N2O4. The van der Waals surface area contributed by atoms with E-state index in [0.717, 1.165) is 17.9 Å². The highest BCUT2D eigenvalue weighted by atomic mass is 16.4. The minimum Gasteiger partial charge on any atom is -0.478 e. The number of carbonyl (C=O) groups is 2. The van der Waals surface area contributed by atoms with Crippen molar-refractivity contribution >= 4 is 17.6 Å². The first-order valence-electron chi connectivity index (χ1n) is 5.39. The van der Waals surface area contributed by atoms with Crippen molar-refractivity contribution in [3.63, 3.8) is 0 Å². The highest BCUT2D eigenvalue weighted by molar-refractivity contribution is 5.96. The van der Waals surface area contributed by atoms with Crippen LogP contribution in [0.25, 0.3) is 0 Å². The Morgan fingerprint density at radius 3 is 2.94 bits per heavy atom. The van der Waals surface area contributed by atoms with Gasteiger partial charge in [-0.3, -0.25) is 4.79 Å². The molecule has 2 heterocycles. The molecule has 1 atom stereocenters. The number of nitrogens with zero attached hydrogens (tertiary/aromatic N) is 2. The van der Waals surface area contributed by atoms with E-state index in [1.807, 2.05) is 6.92 Å². The molecule has 18 heavy (non-hydrogen) atoms. The molecule has 0 aliphatic carbocycles. The van der Waals surface area contributed by atoms with Crippen LogP contribution < -0.4 is 0 Å². The van der Waals surface area contributed by atoms with E-state index in [0.29, 0.717) is 12.2 Å². The zero-order chi connectivity index (χ0) is 13.1. The number of carbonyl (C=O) groups excluding carboxylic acids is 1. The number of hydrazone groups is 1. The summed E-state index contributed by atoms with van der Waals surface area (Å²) in [7, 11) is 0. The summed E-state index contributed by atoms with van der Waals surface area (Å²) in [6.45, 7) is 1.81. The SMILES string of the molecule is CC1=NN(C(=O)/C=C/C(=O)O)[C@@H](c2ccco2)C1. The molecule has 0 saturated carbocycles. The Balaban J connectivity index is 2.19. The molecule has 2 rings (SSSR count). The molecule has 6 heteroatoms. The fraction of sp³-hybridized carbons (Fsp3) is 0.250. The normalized spacial score (nSPS) is 19.3. The molecule has 1 aliphatic rings. The second-order valence-corrected chi connectivity index (χ2v) is 3.92. The Bertz CT molecular complexity index is 516. The maximum absolute atomic E-state index is 11.8. The molecule has 0 unspecified atom stereocenters. The van der Waals surface area contributed by atoms with Crippen LogP contribution in [0.3, 0.4) is 0 Å². The predicted molar refractivity (Wildman–Crippen MR) is 62.8 cm³/mol. The van der Waals surface area contributed by atoms with Gasteiger partial charge in [-0.25, -0.2) is 9.80 Å². The molecule has 6 nitrogen and oxygen atoms in total. The second-order valence-electron chi connectivity index (χ2n) is 3.92. The highest BCUT2D eigenvalue weighted by Gasteiger charge is 2.31. The monoisotopic (exact) mass is 248 g/mol. The van der Waals surface area contributed by atoms with Gasteiger partial charge >= 0.3 is 5.97 Å². The van der Waals surface area contributed by atoms with Crippen LogP contribution in [0, 0.1) is 0 Å². The minimum atomic E-state index is -1.17. The first kappa shape index (κ1) is 12.1. The lowest BCUT2D eigenvalue weighted by molar-refractivity contribution is -0.132. The van der Waals surface area contributed by atoms with E-state index in [2.05, 4.69) is 5.10 Å². The van der Waals surface area contributed by atoms with Crippen molar-refractivity contribution in [2.75, 3.05) is 0 Å². The molecule has 0 bridgehead atoms. The lowest BCUT2D eigenvalue weighted by atomic mass is 10.1. The minimum absolute atomic E-state index is 0.300. The number of aliphatic carboxylic acids is 1. The van der Waals surface area contributed by atoms with E-state index >= 15 is 0 Å². The quantitative estimate of drug-likeness (QED) is 0.823. The van der Waals surface area contributed by atoms with Crippen molar-refractivity contribution in [2.45, 2.75) is 19.4 Å². The fourth-order valence-electron chi connectivity index (χ4n) is 1.78. The van der Waals surface area contributed by atoms with Crippen molar-refractivity contribution in [3.8, 4) is 0 Å². The maximum atomic E-state index is 11.8. The van der Waals surface area contributed by atoms with E-state index in [-0.39, 0.29) is 6.04 Å². The summed E-state index contributed by atoms with van der Waals surface area (Å²) >= 11 is 0. The number of carboxylic acids is 1. The summed E-state index contributed by atoms with van der Waals surface area (Å²) in [6, 6.07) is 3.20. The van der Waals surface area contributed by atoms with Crippen LogP contribution in [0.15, 0.2) is 40.1 Å². The van der Waals surface area contributed by atoms with Crippen molar-refractivity contribution in [1.29, 1.82) is 0 Å². The Labute approximate surface area is 103 Å². The van der Waals surface area contributed by atoms with Gasteiger partial charge in [0.2, 0.25) is 0 Å². The van der Waals surface area contributed by atoms with Gasteiger partial charge in [-0.05, 0) is 19.1 Å². The lowest BCUT2D eigenvalue weighted by Gasteiger charge is -2.18. The zero-order valence-corrected chi connectivity index (χ0v) is 9.74. The van der Waals surface area contributed by atoms with Crippen LogP contribution in [-0.2, 0) is 9.59 Å². The number of rotatable bonds is 3. The molecule has 0 aromatic carbocycles. The highest BCUT2D eigenvalue weighted by Crippen LogP contribution is 2.30. The van der Waals surface area contributed by atoms with E-state index in [4.69, 9.17) is 9.52 Å². The third-order valence-corrected chi connectivity index (χ3v) is 2.53. The summed E-state index contributed by atoms with van der Waals surface area (Å²) in [4.78, 5) is 22.2.